The monoisotopic (exact) mass is 1020 g/mol. The van der Waals surface area contributed by atoms with Gasteiger partial charge in [-0.05, 0) is 105 Å². The van der Waals surface area contributed by atoms with Crippen LogP contribution in [0.25, 0.3) is 11.4 Å². The van der Waals surface area contributed by atoms with Gasteiger partial charge < -0.3 is 28.5 Å². The van der Waals surface area contributed by atoms with Crippen LogP contribution in [0.3, 0.4) is 0 Å². The molecule has 2 atom stereocenters. The lowest BCUT2D eigenvalue weighted by Gasteiger charge is -2.40. The van der Waals surface area contributed by atoms with Crippen LogP contribution in [0.1, 0.15) is 247 Å². The van der Waals surface area contributed by atoms with E-state index in [1.807, 2.05) is 4.90 Å². The Morgan fingerprint density at radius 1 is 0.563 bits per heavy atom. The molecule has 2 amide bonds. The predicted octanol–water partition coefficient (Wildman–Crippen LogP) is 14.8. The molecule has 0 bridgehead atoms. The number of nitrogens with zero attached hydrogens (tertiary/aromatic N) is 2. The standard InChI is InChI=1S/C59H98B2N2O6S2/c1-14-18-22-26-28-32-36-44(34-30-24-20-16-3)42-62-52(46-38-40-48(70-46)60-67-57(7,8)56(5,6)66-13)50-51(55(62)65)53(47-39-41-49(71-47)61-68-58(9,10)59(11,12)69-61)63(54(50)64)43-45(35-31-25-21-17-4)37-33-29-27-23-19-15-2/h38-41,44-45,60H,14-37,42-43H2,1-13H3. The molecule has 12 heteroatoms. The predicted molar refractivity (Wildman–Crippen MR) is 305 cm³/mol. The Balaban J connectivity index is 1.62. The number of hydrogen-bond donors (Lipinski definition) is 0. The van der Waals surface area contributed by atoms with E-state index in [0.29, 0.717) is 43.6 Å². The van der Waals surface area contributed by atoms with Crippen LogP contribution in [0.5, 0.6) is 0 Å². The Bertz CT molecular complexity index is 2020. The molecule has 1 fully saturated rings. The van der Waals surface area contributed by atoms with Gasteiger partial charge in [-0.1, -0.05) is 168 Å². The van der Waals surface area contributed by atoms with Gasteiger partial charge in [0.05, 0.1) is 54.7 Å². The summed E-state index contributed by atoms with van der Waals surface area (Å²) < 4.78 is 27.7. The van der Waals surface area contributed by atoms with Crippen molar-refractivity contribution in [3.8, 4) is 0 Å². The molecule has 398 valence electrons. The summed E-state index contributed by atoms with van der Waals surface area (Å²) >= 11 is 3.26. The van der Waals surface area contributed by atoms with E-state index in [-0.39, 0.29) is 11.8 Å². The van der Waals surface area contributed by atoms with Gasteiger partial charge in [0.1, 0.15) is 0 Å². The normalized spacial score (nSPS) is 18.0. The third-order valence-corrected chi connectivity index (χ3v) is 18.9. The Hall–Kier alpha value is -2.21. The maximum Gasteiger partial charge on any atom is 0.505 e. The van der Waals surface area contributed by atoms with Crippen molar-refractivity contribution in [1.29, 1.82) is 0 Å². The van der Waals surface area contributed by atoms with Gasteiger partial charge in [-0.2, -0.15) is 0 Å². The molecule has 2 aromatic heterocycles. The fraction of sp³-hybridized carbons (Fsp3) is 0.763. The fourth-order valence-corrected chi connectivity index (χ4v) is 12.4. The van der Waals surface area contributed by atoms with E-state index in [1.54, 1.807) is 29.8 Å². The van der Waals surface area contributed by atoms with Gasteiger partial charge in [-0.3, -0.25) is 9.59 Å². The second-order valence-corrected chi connectivity index (χ2v) is 25.7. The minimum absolute atomic E-state index is 0.0301. The van der Waals surface area contributed by atoms with Crippen molar-refractivity contribution >= 4 is 70.0 Å². The van der Waals surface area contributed by atoms with Crippen molar-refractivity contribution < 1.29 is 28.3 Å². The molecule has 1 saturated heterocycles. The highest BCUT2D eigenvalue weighted by Gasteiger charge is 2.54. The van der Waals surface area contributed by atoms with Gasteiger partial charge in [0, 0.05) is 29.8 Å². The first-order valence-corrected chi connectivity index (χ1v) is 30.4. The molecule has 5 heterocycles. The average molecular weight is 1020 g/mol. The first-order valence-electron chi connectivity index (χ1n) is 28.7. The summed E-state index contributed by atoms with van der Waals surface area (Å²) in [5.41, 5.74) is 0.698. The number of amides is 2. The second kappa shape index (κ2) is 28.1. The molecule has 3 aliphatic heterocycles. The van der Waals surface area contributed by atoms with Crippen LogP contribution in [0.15, 0.2) is 35.4 Å². The molecule has 71 heavy (non-hydrogen) atoms. The number of methoxy groups -OCH3 is 1. The van der Waals surface area contributed by atoms with Gasteiger partial charge in [-0.25, -0.2) is 0 Å². The van der Waals surface area contributed by atoms with Crippen LogP contribution < -0.4 is 9.55 Å². The van der Waals surface area contributed by atoms with Crippen LogP contribution in [-0.2, 0) is 28.3 Å². The number of rotatable bonds is 36. The molecular weight excluding hydrogens is 918 g/mol. The summed E-state index contributed by atoms with van der Waals surface area (Å²) in [6.07, 6.45) is 28.9. The highest BCUT2D eigenvalue weighted by molar-refractivity contribution is 7.23. The molecule has 8 nitrogen and oxygen atoms in total. The zero-order chi connectivity index (χ0) is 51.8. The summed E-state index contributed by atoms with van der Waals surface area (Å²) in [7, 11) is 1.61. The second-order valence-electron chi connectivity index (χ2n) is 23.4. The first-order chi connectivity index (χ1) is 33.9. The van der Waals surface area contributed by atoms with E-state index in [9.17, 15) is 0 Å². The molecule has 0 spiro atoms. The van der Waals surface area contributed by atoms with Gasteiger partial charge in [0.25, 0.3) is 11.8 Å². The van der Waals surface area contributed by atoms with Crippen LogP contribution in [0.4, 0.5) is 0 Å². The number of carbonyl (C=O) groups excluding carboxylic acids is 2. The topological polar surface area (TPSA) is 77.5 Å². The highest BCUT2D eigenvalue weighted by Crippen LogP contribution is 2.49. The van der Waals surface area contributed by atoms with E-state index >= 15 is 9.59 Å². The Kier molecular flexibility index (Phi) is 23.6. The lowest BCUT2D eigenvalue weighted by Crippen LogP contribution is -2.50. The van der Waals surface area contributed by atoms with Crippen LogP contribution in [0, 0.1) is 11.8 Å². The van der Waals surface area contributed by atoms with Gasteiger partial charge in [0.15, 0.2) is 0 Å². The average Bonchev–Trinajstić information content (AvgIpc) is 4.15. The Morgan fingerprint density at radius 3 is 1.37 bits per heavy atom. The molecule has 2 unspecified atom stereocenters. The molecule has 0 aromatic carbocycles. The van der Waals surface area contributed by atoms with Crippen molar-refractivity contribution in [2.24, 2.45) is 11.8 Å². The van der Waals surface area contributed by atoms with Crippen LogP contribution >= 0.6 is 22.7 Å². The van der Waals surface area contributed by atoms with Crippen molar-refractivity contribution in [3.05, 3.63) is 45.2 Å². The maximum atomic E-state index is 15.8. The van der Waals surface area contributed by atoms with Gasteiger partial charge in [0.2, 0.25) is 0 Å². The Morgan fingerprint density at radius 2 is 0.944 bits per heavy atom. The summed E-state index contributed by atoms with van der Waals surface area (Å²) in [6.45, 7) is 26.9. The lowest BCUT2D eigenvalue weighted by molar-refractivity contribution is -0.124. The minimum atomic E-state index is -0.556. The van der Waals surface area contributed by atoms with Gasteiger partial charge in [-0.15, -0.1) is 22.7 Å². The van der Waals surface area contributed by atoms with E-state index < -0.39 is 29.5 Å². The summed E-state index contributed by atoms with van der Waals surface area (Å²) in [5.74, 6) is 0.618. The molecule has 0 N–H and O–H groups in total. The summed E-state index contributed by atoms with van der Waals surface area (Å²) in [6, 6.07) is 8.49. The van der Waals surface area contributed by atoms with Crippen molar-refractivity contribution in [2.45, 2.75) is 260 Å². The number of ether oxygens (including phenoxy) is 1. The number of carbonyl (C=O) groups is 2. The van der Waals surface area contributed by atoms with Crippen LogP contribution in [0.2, 0.25) is 0 Å². The van der Waals surface area contributed by atoms with E-state index in [4.69, 9.17) is 18.7 Å². The smallest absolute Gasteiger partial charge is 0.426 e. The maximum absolute atomic E-state index is 15.8. The number of thiophene rings is 2. The van der Waals surface area contributed by atoms with Gasteiger partial charge >= 0.3 is 14.6 Å². The van der Waals surface area contributed by atoms with E-state index in [0.717, 1.165) is 69.2 Å². The highest BCUT2D eigenvalue weighted by atomic mass is 32.1. The third kappa shape index (κ3) is 15.7. The molecule has 0 aliphatic carbocycles. The SMILES string of the molecule is CCCCCCCCC(CCCCCC)CN1C(=O)C2=C(c3ccc(B4OC(C)(C)C(C)(C)O4)s3)N(CC(CCCCCC)CCCCCCCC)C(=O)C2=C1c1ccc(BOC(C)(C)C(C)(C)OC)s1. The molecule has 5 rings (SSSR count). The molecule has 2 aromatic rings. The quantitative estimate of drug-likeness (QED) is 0.0500. The van der Waals surface area contributed by atoms with Crippen molar-refractivity contribution in [1.82, 2.24) is 9.80 Å². The molecule has 0 saturated carbocycles. The van der Waals surface area contributed by atoms with Crippen molar-refractivity contribution in [3.63, 3.8) is 0 Å². The number of unbranched alkanes of at least 4 members (excludes halogenated alkanes) is 16. The van der Waals surface area contributed by atoms with E-state index in [1.165, 1.54) is 116 Å². The third-order valence-electron chi connectivity index (χ3n) is 16.7. The first kappa shape index (κ1) is 59.7. The summed E-state index contributed by atoms with van der Waals surface area (Å²) in [5, 5.41) is 0. The number of fused-ring (bicyclic) bond motifs is 1. The molecular formula is C59H98B2N2O6S2. The minimum Gasteiger partial charge on any atom is -0.426 e. The van der Waals surface area contributed by atoms with Crippen molar-refractivity contribution in [2.75, 3.05) is 20.2 Å². The lowest BCUT2D eigenvalue weighted by atomic mass is 9.86. The zero-order valence-electron chi connectivity index (χ0n) is 47.3. The number of hydrogen-bond acceptors (Lipinski definition) is 8. The summed E-state index contributed by atoms with van der Waals surface area (Å²) in [4.78, 5) is 37.7. The Labute approximate surface area is 442 Å². The fourth-order valence-electron chi connectivity index (χ4n) is 10.4. The molecule has 0 radical (unpaired) electrons. The molecule has 3 aliphatic rings. The zero-order valence-corrected chi connectivity index (χ0v) is 48.9. The van der Waals surface area contributed by atoms with Crippen LogP contribution in [-0.4, -0.2) is 78.8 Å². The largest absolute Gasteiger partial charge is 0.505 e. The van der Waals surface area contributed by atoms with E-state index in [2.05, 4.69) is 112 Å².